The van der Waals surface area contributed by atoms with E-state index in [1.807, 2.05) is 51.3 Å². The molecule has 5 rings (SSSR count). The second kappa shape index (κ2) is 15.0. The number of carbonyl (C=O) groups excluding carboxylic acids is 1. The maximum atomic E-state index is 13.6. The average Bonchev–Trinajstić information content (AvgIpc) is 3.57. The number of aromatic nitrogens is 2. The van der Waals surface area contributed by atoms with E-state index < -0.39 is 15.6 Å². The molecular formula is C38H47N5O4S2. The topological polar surface area (TPSA) is 116 Å². The Balaban J connectivity index is 1.41. The molecule has 9 nitrogen and oxygen atoms in total. The smallest absolute Gasteiger partial charge is 0.410 e. The second-order valence-corrected chi connectivity index (χ2v) is 16.3. The van der Waals surface area contributed by atoms with Gasteiger partial charge < -0.3 is 19.9 Å². The summed E-state index contributed by atoms with van der Waals surface area (Å²) >= 11 is 1.57. The molecule has 3 aromatic carbocycles. The number of rotatable bonds is 13. The number of nitrogens with zero attached hydrogens (tertiary/aromatic N) is 2. The molecule has 0 saturated carbocycles. The summed E-state index contributed by atoms with van der Waals surface area (Å²) in [6.07, 6.45) is 3.60. The molecule has 3 N–H and O–H groups in total. The Kier molecular flexibility index (Phi) is 11.0. The van der Waals surface area contributed by atoms with E-state index in [1.54, 1.807) is 22.3 Å². The van der Waals surface area contributed by atoms with E-state index in [4.69, 9.17) is 4.74 Å². The fourth-order valence-corrected chi connectivity index (χ4v) is 7.32. The molecule has 0 spiro atoms. The Bertz CT molecular complexity index is 2020. The molecule has 0 aliphatic rings. The molecule has 5 aromatic rings. The van der Waals surface area contributed by atoms with Gasteiger partial charge in [0.1, 0.15) is 5.60 Å². The molecule has 2 aromatic heterocycles. The van der Waals surface area contributed by atoms with Crippen LogP contribution in [0.2, 0.25) is 0 Å². The summed E-state index contributed by atoms with van der Waals surface area (Å²) in [6, 6.07) is 20.3. The summed E-state index contributed by atoms with van der Waals surface area (Å²) in [5.74, 6) is 0. The van der Waals surface area contributed by atoms with Gasteiger partial charge in [-0.25, -0.2) is 18.2 Å². The zero-order valence-electron chi connectivity index (χ0n) is 29.4. The van der Waals surface area contributed by atoms with E-state index in [0.29, 0.717) is 31.6 Å². The Morgan fingerprint density at radius 3 is 2.37 bits per heavy atom. The molecule has 49 heavy (non-hydrogen) atoms. The predicted octanol–water partition coefficient (Wildman–Crippen LogP) is 9.13. The summed E-state index contributed by atoms with van der Waals surface area (Å²) in [7, 11) is -3.39. The molecule has 0 aliphatic heterocycles. The van der Waals surface area contributed by atoms with Crippen molar-refractivity contribution in [2.75, 3.05) is 29.4 Å². The van der Waals surface area contributed by atoms with Gasteiger partial charge in [0.25, 0.3) is 0 Å². The number of anilines is 3. The van der Waals surface area contributed by atoms with Crippen molar-refractivity contribution in [1.82, 2.24) is 14.9 Å². The molecule has 0 unspecified atom stereocenters. The third-order valence-corrected chi connectivity index (χ3v) is 9.47. The van der Waals surface area contributed by atoms with Gasteiger partial charge in [0, 0.05) is 40.8 Å². The third kappa shape index (κ3) is 10.1. The number of fused-ring (bicyclic) bond motifs is 1. The van der Waals surface area contributed by atoms with E-state index in [-0.39, 0.29) is 6.09 Å². The number of hydrogen-bond acceptors (Lipinski definition) is 7. The summed E-state index contributed by atoms with van der Waals surface area (Å²) in [5.41, 5.74) is 9.48. The summed E-state index contributed by atoms with van der Waals surface area (Å²) < 4.78 is 32.3. The zero-order chi connectivity index (χ0) is 35.3. The van der Waals surface area contributed by atoms with Crippen molar-refractivity contribution in [3.63, 3.8) is 0 Å². The summed E-state index contributed by atoms with van der Waals surface area (Å²) in [4.78, 5) is 23.6. The number of hydrogen-bond donors (Lipinski definition) is 3. The van der Waals surface area contributed by atoms with Gasteiger partial charge in [0.15, 0.2) is 5.13 Å². The molecular weight excluding hydrogens is 655 g/mol. The minimum atomic E-state index is -3.39. The van der Waals surface area contributed by atoms with E-state index >= 15 is 0 Å². The summed E-state index contributed by atoms with van der Waals surface area (Å²) in [6.45, 7) is 12.8. The molecule has 2 heterocycles. The molecule has 0 aliphatic carbocycles. The van der Waals surface area contributed by atoms with Gasteiger partial charge in [-0.3, -0.25) is 4.72 Å². The van der Waals surface area contributed by atoms with E-state index in [1.165, 1.54) is 11.1 Å². The summed E-state index contributed by atoms with van der Waals surface area (Å²) in [5, 5.41) is 7.41. The van der Waals surface area contributed by atoms with Crippen molar-refractivity contribution < 1.29 is 17.9 Å². The van der Waals surface area contributed by atoms with Gasteiger partial charge in [0.05, 0.1) is 17.6 Å². The van der Waals surface area contributed by atoms with Crippen LogP contribution in [0.1, 0.15) is 61.6 Å². The predicted molar refractivity (Wildman–Crippen MR) is 203 cm³/mol. The number of thiazole rings is 1. The van der Waals surface area contributed by atoms with Crippen molar-refractivity contribution >= 4 is 54.9 Å². The Morgan fingerprint density at radius 2 is 1.69 bits per heavy atom. The fourth-order valence-electron chi connectivity index (χ4n) is 6.01. The number of aromatic amines is 1. The minimum absolute atomic E-state index is 0.346. The monoisotopic (exact) mass is 701 g/mol. The SMILES string of the molecule is Cc1cc(C)cc(-c2[nH]c3ccc(Nc4nc(C)cs4)cc3c2CCN(CCCCc2ccccc2NS(C)(=O)=O)C(=O)OC(C)(C)C)c1. The Morgan fingerprint density at radius 1 is 0.959 bits per heavy atom. The number of sulfonamides is 1. The van der Waals surface area contributed by atoms with Crippen LogP contribution >= 0.6 is 11.3 Å². The van der Waals surface area contributed by atoms with Gasteiger partial charge in [-0.2, -0.15) is 0 Å². The first-order valence-corrected chi connectivity index (χ1v) is 19.4. The van der Waals surface area contributed by atoms with E-state index in [9.17, 15) is 13.2 Å². The highest BCUT2D eigenvalue weighted by atomic mass is 32.2. The van der Waals surface area contributed by atoms with Crippen LogP contribution in [0.4, 0.5) is 21.3 Å². The minimum Gasteiger partial charge on any atom is -0.444 e. The number of ether oxygens (including phenoxy) is 1. The van der Waals surface area contributed by atoms with E-state index in [0.717, 1.165) is 68.9 Å². The lowest BCUT2D eigenvalue weighted by atomic mass is 9.99. The molecule has 0 atom stereocenters. The van der Waals surface area contributed by atoms with Crippen LogP contribution in [0, 0.1) is 20.8 Å². The second-order valence-electron chi connectivity index (χ2n) is 13.7. The van der Waals surface area contributed by atoms with Crippen molar-refractivity contribution in [3.8, 4) is 11.3 Å². The van der Waals surface area contributed by atoms with Crippen molar-refractivity contribution in [1.29, 1.82) is 0 Å². The fraction of sp³-hybridized carbons (Fsp3) is 0.368. The first-order valence-electron chi connectivity index (χ1n) is 16.6. The number of aryl methyl sites for hydroxylation is 4. The Labute approximate surface area is 294 Å². The maximum absolute atomic E-state index is 13.6. The van der Waals surface area contributed by atoms with Crippen LogP contribution in [0.5, 0.6) is 0 Å². The van der Waals surface area contributed by atoms with Gasteiger partial charge in [0.2, 0.25) is 10.0 Å². The number of H-pyrrole nitrogens is 1. The van der Waals surface area contributed by atoms with Crippen molar-refractivity contribution in [3.05, 3.63) is 94.0 Å². The van der Waals surface area contributed by atoms with Crippen LogP contribution in [0.3, 0.4) is 0 Å². The van der Waals surface area contributed by atoms with Gasteiger partial charge >= 0.3 is 6.09 Å². The quantitative estimate of drug-likeness (QED) is 0.106. The molecule has 0 radical (unpaired) electrons. The molecule has 260 valence electrons. The number of carbonyl (C=O) groups is 1. The first kappa shape index (κ1) is 35.9. The first-order chi connectivity index (χ1) is 23.1. The third-order valence-electron chi connectivity index (χ3n) is 8.01. The van der Waals surface area contributed by atoms with Crippen LogP contribution in [-0.4, -0.2) is 54.3 Å². The van der Waals surface area contributed by atoms with Crippen LogP contribution in [0.15, 0.2) is 66.0 Å². The lowest BCUT2D eigenvalue weighted by molar-refractivity contribution is 0.0249. The number of unbranched alkanes of at least 4 members (excludes halogenated alkanes) is 1. The normalized spacial score (nSPS) is 11.9. The van der Waals surface area contributed by atoms with Gasteiger partial charge in [-0.05, 0) is 120 Å². The Hall–Kier alpha value is -4.35. The van der Waals surface area contributed by atoms with Crippen LogP contribution in [0.25, 0.3) is 22.2 Å². The standard InChI is InChI=1S/C38H47N5O4S2/c1-25-20-26(2)22-29(21-25)35-31(32-23-30(15-16-34(32)41-35)40-36-39-27(3)24-48-36)17-19-43(37(44)47-38(4,5)6)18-11-10-13-28-12-8-9-14-33(28)42-49(7,45)46/h8-9,12,14-16,20-24,41-42H,10-11,13,17-19H2,1-7H3,(H,39,40). The van der Waals surface area contributed by atoms with Crippen molar-refractivity contribution in [2.24, 2.45) is 0 Å². The largest absolute Gasteiger partial charge is 0.444 e. The highest BCUT2D eigenvalue weighted by Crippen LogP contribution is 2.35. The molecule has 0 fully saturated rings. The number of para-hydroxylation sites is 1. The molecule has 11 heteroatoms. The molecule has 1 amide bonds. The van der Waals surface area contributed by atoms with Crippen LogP contribution < -0.4 is 10.0 Å². The highest BCUT2D eigenvalue weighted by Gasteiger charge is 2.23. The lowest BCUT2D eigenvalue weighted by Crippen LogP contribution is -2.38. The molecule has 0 bridgehead atoms. The van der Waals surface area contributed by atoms with Gasteiger partial charge in [-0.1, -0.05) is 35.4 Å². The van der Waals surface area contributed by atoms with Gasteiger partial charge in [-0.15, -0.1) is 11.3 Å². The average molecular weight is 702 g/mol. The number of amides is 1. The lowest BCUT2D eigenvalue weighted by Gasteiger charge is -2.27. The highest BCUT2D eigenvalue weighted by molar-refractivity contribution is 7.92. The van der Waals surface area contributed by atoms with Crippen LogP contribution in [-0.2, 0) is 27.6 Å². The number of benzene rings is 3. The maximum Gasteiger partial charge on any atom is 0.410 e. The van der Waals surface area contributed by atoms with Crippen molar-refractivity contribution in [2.45, 2.75) is 72.8 Å². The number of nitrogens with one attached hydrogen (secondary N) is 3. The van der Waals surface area contributed by atoms with E-state index in [2.05, 4.69) is 70.3 Å². The zero-order valence-corrected chi connectivity index (χ0v) is 31.1. The molecule has 0 saturated heterocycles.